The molecule has 0 unspecified atom stereocenters. The number of anilines is 2. The van der Waals surface area contributed by atoms with Crippen LogP contribution in [0.4, 0.5) is 15.8 Å². The molecule has 2 N–H and O–H groups in total. The normalized spacial score (nSPS) is 19.5. The van der Waals surface area contributed by atoms with E-state index in [4.69, 9.17) is 4.74 Å². The van der Waals surface area contributed by atoms with Gasteiger partial charge < -0.3 is 20.3 Å². The van der Waals surface area contributed by atoms with Crippen LogP contribution in [0.3, 0.4) is 0 Å². The summed E-state index contributed by atoms with van der Waals surface area (Å²) < 4.78 is 20.1. The van der Waals surface area contributed by atoms with E-state index in [1.54, 1.807) is 55.3 Å². The Morgan fingerprint density at radius 3 is 2.26 bits per heavy atom. The average molecular weight is 530 g/mol. The summed E-state index contributed by atoms with van der Waals surface area (Å²) in [6, 6.07) is 19.8. The van der Waals surface area contributed by atoms with Gasteiger partial charge in [0.1, 0.15) is 11.6 Å². The summed E-state index contributed by atoms with van der Waals surface area (Å²) >= 11 is 0. The minimum atomic E-state index is -0.542. The summed E-state index contributed by atoms with van der Waals surface area (Å²) in [5, 5.41) is 6.63. The predicted octanol–water partition coefficient (Wildman–Crippen LogP) is 6.73. The van der Waals surface area contributed by atoms with Crippen LogP contribution < -0.4 is 15.4 Å². The molecule has 2 fully saturated rings. The molecule has 0 bridgehead atoms. The molecule has 1 saturated heterocycles. The third-order valence-electron chi connectivity index (χ3n) is 8.00. The highest BCUT2D eigenvalue weighted by Crippen LogP contribution is 2.39. The third-order valence-corrected chi connectivity index (χ3v) is 8.00. The molecular weight excluding hydrogens is 493 g/mol. The maximum Gasteiger partial charge on any atom is 0.257 e. The number of nitrogens with one attached hydrogen (secondary N) is 2. The van der Waals surface area contributed by atoms with Gasteiger partial charge in [-0.3, -0.25) is 9.59 Å². The van der Waals surface area contributed by atoms with Crippen molar-refractivity contribution in [2.24, 2.45) is 5.92 Å². The second-order valence-electron chi connectivity index (χ2n) is 10.6. The minimum absolute atomic E-state index is 0.0678. The van der Waals surface area contributed by atoms with E-state index >= 15 is 0 Å². The first kappa shape index (κ1) is 26.7. The highest BCUT2D eigenvalue weighted by molar-refractivity contribution is 5.98. The molecule has 6 nitrogen and oxygen atoms in total. The standard InChI is InChI=1S/C32H36FN3O3/c1-21-7-5-11-28(33)29(21)32(38)36-20-6-10-27(31(37)35-25-16-18-26(39-2)19-17-25)30(36)22-12-14-24(15-13-22)34-23-8-3-4-9-23/h5,7,11-19,23,27,30,34H,3-4,6,8-10,20H2,1-2H3,(H,35,37)/t27-,30-/m1/s1. The first-order chi connectivity index (χ1) is 18.9. The van der Waals surface area contributed by atoms with Gasteiger partial charge in [0.2, 0.25) is 5.91 Å². The van der Waals surface area contributed by atoms with E-state index in [-0.39, 0.29) is 17.4 Å². The van der Waals surface area contributed by atoms with Crippen LogP contribution in [0.1, 0.15) is 66.1 Å². The summed E-state index contributed by atoms with van der Waals surface area (Å²) in [6.07, 6.45) is 6.10. The zero-order valence-corrected chi connectivity index (χ0v) is 22.6. The number of rotatable bonds is 7. The van der Waals surface area contributed by atoms with Crippen molar-refractivity contribution in [2.45, 2.75) is 57.5 Å². The molecular formula is C32H36FN3O3. The van der Waals surface area contributed by atoms with Gasteiger partial charge in [-0.25, -0.2) is 4.39 Å². The number of benzene rings is 3. The van der Waals surface area contributed by atoms with E-state index in [0.29, 0.717) is 42.4 Å². The van der Waals surface area contributed by atoms with Crippen molar-refractivity contribution < 1.29 is 18.7 Å². The highest BCUT2D eigenvalue weighted by Gasteiger charge is 2.40. The van der Waals surface area contributed by atoms with Crippen molar-refractivity contribution in [3.8, 4) is 5.75 Å². The van der Waals surface area contributed by atoms with E-state index in [9.17, 15) is 14.0 Å². The quantitative estimate of drug-likeness (QED) is 0.356. The van der Waals surface area contributed by atoms with E-state index in [2.05, 4.69) is 10.6 Å². The minimum Gasteiger partial charge on any atom is -0.497 e. The number of amides is 2. The number of nitrogens with zero attached hydrogens (tertiary/aromatic N) is 1. The third kappa shape index (κ3) is 5.92. The molecule has 7 heteroatoms. The van der Waals surface area contributed by atoms with Crippen molar-refractivity contribution in [3.05, 3.63) is 89.2 Å². The lowest BCUT2D eigenvalue weighted by Crippen LogP contribution is -2.46. The van der Waals surface area contributed by atoms with Gasteiger partial charge in [0, 0.05) is 24.0 Å². The van der Waals surface area contributed by atoms with Gasteiger partial charge in [0.25, 0.3) is 5.91 Å². The molecule has 3 aromatic carbocycles. The Hall–Kier alpha value is -3.87. The van der Waals surface area contributed by atoms with Crippen LogP contribution in [0.2, 0.25) is 0 Å². The predicted molar refractivity (Wildman–Crippen MR) is 152 cm³/mol. The van der Waals surface area contributed by atoms with Crippen molar-refractivity contribution in [1.29, 1.82) is 0 Å². The number of hydrogen-bond donors (Lipinski definition) is 2. The average Bonchev–Trinajstić information content (AvgIpc) is 3.46. The van der Waals surface area contributed by atoms with Crippen molar-refractivity contribution in [3.63, 3.8) is 0 Å². The summed E-state index contributed by atoms with van der Waals surface area (Å²) in [6.45, 7) is 2.19. The zero-order chi connectivity index (χ0) is 27.4. The number of piperidine rings is 1. The van der Waals surface area contributed by atoms with Crippen LogP contribution in [0.5, 0.6) is 5.75 Å². The number of aryl methyl sites for hydroxylation is 1. The topological polar surface area (TPSA) is 70.7 Å². The number of halogens is 1. The molecule has 0 aromatic heterocycles. The SMILES string of the molecule is COc1ccc(NC(=O)[C@@H]2CCCN(C(=O)c3c(C)cccc3F)[C@@H]2c2ccc(NC3CCCC3)cc2)cc1. The first-order valence-electron chi connectivity index (χ1n) is 13.8. The van der Waals surface area contributed by atoms with Crippen LogP contribution in [0.25, 0.3) is 0 Å². The van der Waals surface area contributed by atoms with E-state index < -0.39 is 17.8 Å². The molecule has 5 rings (SSSR count). The van der Waals surface area contributed by atoms with Crippen molar-refractivity contribution in [1.82, 2.24) is 4.90 Å². The van der Waals surface area contributed by atoms with Crippen molar-refractivity contribution in [2.75, 3.05) is 24.3 Å². The van der Waals surface area contributed by atoms with E-state index in [0.717, 1.165) is 11.3 Å². The van der Waals surface area contributed by atoms with Gasteiger partial charge in [0.05, 0.1) is 24.6 Å². The Kier molecular flexibility index (Phi) is 8.15. The van der Waals surface area contributed by atoms with E-state index in [1.807, 2.05) is 24.3 Å². The highest BCUT2D eigenvalue weighted by atomic mass is 19.1. The largest absolute Gasteiger partial charge is 0.497 e. The second kappa shape index (κ2) is 11.9. The maximum absolute atomic E-state index is 14.9. The van der Waals surface area contributed by atoms with Gasteiger partial charge in [0.15, 0.2) is 0 Å². The first-order valence-corrected chi connectivity index (χ1v) is 13.8. The summed E-state index contributed by atoms with van der Waals surface area (Å²) in [5.41, 5.74) is 3.20. The smallest absolute Gasteiger partial charge is 0.257 e. The molecule has 1 saturated carbocycles. The van der Waals surface area contributed by atoms with Crippen LogP contribution >= 0.6 is 0 Å². The van der Waals surface area contributed by atoms with Crippen LogP contribution in [-0.2, 0) is 4.79 Å². The number of likely N-dealkylation sites (tertiary alicyclic amines) is 1. The summed E-state index contributed by atoms with van der Waals surface area (Å²) in [4.78, 5) is 29.2. The molecule has 1 heterocycles. The Morgan fingerprint density at radius 1 is 0.897 bits per heavy atom. The number of methoxy groups -OCH3 is 1. The lowest BCUT2D eigenvalue weighted by molar-refractivity contribution is -0.123. The lowest BCUT2D eigenvalue weighted by Gasteiger charge is -2.41. The summed E-state index contributed by atoms with van der Waals surface area (Å²) in [5.74, 6) is -0.885. The Morgan fingerprint density at radius 2 is 1.59 bits per heavy atom. The Balaban J connectivity index is 1.46. The monoisotopic (exact) mass is 529 g/mol. The molecule has 2 aliphatic rings. The molecule has 1 aliphatic carbocycles. The molecule has 39 heavy (non-hydrogen) atoms. The summed E-state index contributed by atoms with van der Waals surface area (Å²) in [7, 11) is 1.59. The Bertz CT molecular complexity index is 1280. The molecule has 204 valence electrons. The van der Waals surface area contributed by atoms with Crippen molar-refractivity contribution >= 4 is 23.2 Å². The molecule has 3 aromatic rings. The molecule has 2 atom stereocenters. The van der Waals surface area contributed by atoms with Gasteiger partial charge in [-0.1, -0.05) is 37.1 Å². The second-order valence-corrected chi connectivity index (χ2v) is 10.6. The molecule has 2 amide bonds. The molecule has 1 aliphatic heterocycles. The maximum atomic E-state index is 14.9. The fourth-order valence-corrected chi connectivity index (χ4v) is 5.95. The molecule has 0 radical (unpaired) electrons. The van der Waals surface area contributed by atoms with Gasteiger partial charge >= 0.3 is 0 Å². The lowest BCUT2D eigenvalue weighted by atomic mass is 9.83. The van der Waals surface area contributed by atoms with Crippen LogP contribution in [0.15, 0.2) is 66.7 Å². The fourth-order valence-electron chi connectivity index (χ4n) is 5.95. The fraction of sp³-hybridized carbons (Fsp3) is 0.375. The Labute approximate surface area is 229 Å². The number of ether oxygens (including phenoxy) is 1. The van der Waals surface area contributed by atoms with E-state index in [1.165, 1.54) is 31.7 Å². The number of carbonyl (C=O) groups is 2. The van der Waals surface area contributed by atoms with Crippen LogP contribution in [0, 0.1) is 18.7 Å². The molecule has 0 spiro atoms. The zero-order valence-electron chi connectivity index (χ0n) is 22.6. The number of hydrogen-bond acceptors (Lipinski definition) is 4. The van der Waals surface area contributed by atoms with Crippen LogP contribution in [-0.4, -0.2) is 36.4 Å². The number of carbonyl (C=O) groups excluding carboxylic acids is 2. The van der Waals surface area contributed by atoms with Gasteiger partial charge in [-0.05, 0) is 86.2 Å². The van der Waals surface area contributed by atoms with Gasteiger partial charge in [-0.15, -0.1) is 0 Å². The van der Waals surface area contributed by atoms with Gasteiger partial charge in [-0.2, -0.15) is 0 Å².